The van der Waals surface area contributed by atoms with Gasteiger partial charge >= 0.3 is 0 Å². The van der Waals surface area contributed by atoms with Crippen LogP contribution < -0.4 is 10.1 Å². The zero-order valence-electron chi connectivity index (χ0n) is 15.3. The Kier molecular flexibility index (Phi) is 7.53. The summed E-state index contributed by atoms with van der Waals surface area (Å²) in [5.74, 6) is 0.774. The molecule has 0 bridgehead atoms. The topological polar surface area (TPSA) is 44.8 Å². The molecule has 1 fully saturated rings. The molecule has 1 amide bonds. The first-order chi connectivity index (χ1) is 11.6. The lowest BCUT2D eigenvalue weighted by Crippen LogP contribution is -2.45. The second-order valence-electron chi connectivity index (χ2n) is 6.57. The SMILES string of the molecule is CCC(Oc1ccccc1C)C(=O)NCCCN1CCN(C)CC1. The molecule has 0 aromatic heterocycles. The van der Waals surface area contributed by atoms with Gasteiger partial charge in [-0.25, -0.2) is 0 Å². The van der Waals surface area contributed by atoms with Crippen molar-refractivity contribution in [2.75, 3.05) is 46.3 Å². The minimum absolute atomic E-state index is 0.0147. The van der Waals surface area contributed by atoms with Crippen LogP contribution in [0.2, 0.25) is 0 Å². The van der Waals surface area contributed by atoms with Gasteiger partial charge in [-0.15, -0.1) is 0 Å². The Labute approximate surface area is 146 Å². The Bertz CT molecular complexity index is 513. The standard InChI is InChI=1S/C19H31N3O2/c1-4-17(24-18-9-6-5-8-16(18)2)19(23)20-10-7-11-22-14-12-21(3)13-15-22/h5-6,8-9,17H,4,7,10-15H2,1-3H3,(H,20,23). The third kappa shape index (κ3) is 5.80. The summed E-state index contributed by atoms with van der Waals surface area (Å²) in [4.78, 5) is 17.1. The number of hydrogen-bond acceptors (Lipinski definition) is 4. The molecule has 1 heterocycles. The first-order valence-corrected chi connectivity index (χ1v) is 9.01. The molecule has 5 nitrogen and oxygen atoms in total. The van der Waals surface area contributed by atoms with E-state index in [1.807, 2.05) is 38.1 Å². The van der Waals surface area contributed by atoms with Gasteiger partial charge in [-0.05, 0) is 45.0 Å². The van der Waals surface area contributed by atoms with Crippen LogP contribution in [0.4, 0.5) is 0 Å². The molecule has 1 aliphatic rings. The van der Waals surface area contributed by atoms with Gasteiger partial charge in [-0.3, -0.25) is 4.79 Å². The van der Waals surface area contributed by atoms with Crippen LogP contribution in [0, 0.1) is 6.92 Å². The molecule has 1 atom stereocenters. The number of para-hydroxylation sites is 1. The maximum absolute atomic E-state index is 12.3. The van der Waals surface area contributed by atoms with E-state index in [4.69, 9.17) is 4.74 Å². The number of aryl methyl sites for hydroxylation is 1. The van der Waals surface area contributed by atoms with Crippen molar-refractivity contribution in [1.29, 1.82) is 0 Å². The van der Waals surface area contributed by atoms with E-state index >= 15 is 0 Å². The molecule has 24 heavy (non-hydrogen) atoms. The molecule has 0 saturated carbocycles. The fourth-order valence-corrected chi connectivity index (χ4v) is 2.86. The van der Waals surface area contributed by atoms with E-state index in [0.717, 1.165) is 50.5 Å². The van der Waals surface area contributed by atoms with Gasteiger partial charge < -0.3 is 19.9 Å². The largest absolute Gasteiger partial charge is 0.480 e. The van der Waals surface area contributed by atoms with Gasteiger partial charge in [0.25, 0.3) is 5.91 Å². The normalized spacial score (nSPS) is 17.5. The van der Waals surface area contributed by atoms with Gasteiger partial charge in [0.05, 0.1) is 0 Å². The molecule has 1 aromatic rings. The molecule has 1 unspecified atom stereocenters. The lowest BCUT2D eigenvalue weighted by atomic mass is 10.2. The summed E-state index contributed by atoms with van der Waals surface area (Å²) >= 11 is 0. The molecule has 0 radical (unpaired) electrons. The summed E-state index contributed by atoms with van der Waals surface area (Å²) in [5.41, 5.74) is 1.05. The molecule has 1 aliphatic heterocycles. The van der Waals surface area contributed by atoms with Crippen molar-refractivity contribution in [3.63, 3.8) is 0 Å². The Morgan fingerprint density at radius 2 is 1.96 bits per heavy atom. The molecule has 1 N–H and O–H groups in total. The third-order valence-corrected chi connectivity index (χ3v) is 4.57. The van der Waals surface area contributed by atoms with Gasteiger partial charge in [-0.1, -0.05) is 25.1 Å². The lowest BCUT2D eigenvalue weighted by molar-refractivity contribution is -0.128. The highest BCUT2D eigenvalue weighted by molar-refractivity contribution is 5.81. The molecule has 2 rings (SSSR count). The van der Waals surface area contributed by atoms with Crippen molar-refractivity contribution in [1.82, 2.24) is 15.1 Å². The van der Waals surface area contributed by atoms with E-state index in [1.165, 1.54) is 0 Å². The van der Waals surface area contributed by atoms with Crippen LogP contribution in [0.1, 0.15) is 25.3 Å². The predicted octanol–water partition coefficient (Wildman–Crippen LogP) is 1.91. The Hall–Kier alpha value is -1.59. The molecule has 1 saturated heterocycles. The van der Waals surface area contributed by atoms with E-state index in [0.29, 0.717) is 13.0 Å². The summed E-state index contributed by atoms with van der Waals surface area (Å²) in [7, 11) is 2.16. The van der Waals surface area contributed by atoms with E-state index in [1.54, 1.807) is 0 Å². The molecule has 0 aliphatic carbocycles. The minimum atomic E-state index is -0.422. The van der Waals surface area contributed by atoms with Crippen LogP contribution in [0.15, 0.2) is 24.3 Å². The van der Waals surface area contributed by atoms with Gasteiger partial charge in [0.1, 0.15) is 5.75 Å². The zero-order valence-corrected chi connectivity index (χ0v) is 15.3. The van der Waals surface area contributed by atoms with Gasteiger partial charge in [0, 0.05) is 32.7 Å². The number of benzene rings is 1. The van der Waals surface area contributed by atoms with E-state index in [2.05, 4.69) is 22.2 Å². The van der Waals surface area contributed by atoms with E-state index in [9.17, 15) is 4.79 Å². The van der Waals surface area contributed by atoms with Crippen molar-refractivity contribution in [2.45, 2.75) is 32.8 Å². The zero-order chi connectivity index (χ0) is 17.4. The third-order valence-electron chi connectivity index (χ3n) is 4.57. The Balaban J connectivity index is 1.69. The molecular weight excluding hydrogens is 302 g/mol. The summed E-state index contributed by atoms with van der Waals surface area (Å²) in [6.07, 6.45) is 1.23. The van der Waals surface area contributed by atoms with Crippen LogP contribution in [0.3, 0.4) is 0 Å². The van der Waals surface area contributed by atoms with E-state index in [-0.39, 0.29) is 5.91 Å². The second-order valence-corrected chi connectivity index (χ2v) is 6.57. The fourth-order valence-electron chi connectivity index (χ4n) is 2.86. The van der Waals surface area contributed by atoms with Gasteiger partial charge in [0.15, 0.2) is 6.10 Å². The van der Waals surface area contributed by atoms with Crippen LogP contribution in [0.5, 0.6) is 5.75 Å². The van der Waals surface area contributed by atoms with Crippen LogP contribution in [-0.2, 0) is 4.79 Å². The van der Waals surface area contributed by atoms with Crippen LogP contribution in [0.25, 0.3) is 0 Å². The predicted molar refractivity (Wildman–Crippen MR) is 97.4 cm³/mol. The number of amides is 1. The van der Waals surface area contributed by atoms with Crippen molar-refractivity contribution < 1.29 is 9.53 Å². The summed E-state index contributed by atoms with van der Waals surface area (Å²) in [6, 6.07) is 7.82. The highest BCUT2D eigenvalue weighted by atomic mass is 16.5. The molecule has 134 valence electrons. The number of nitrogens with zero attached hydrogens (tertiary/aromatic N) is 2. The number of nitrogens with one attached hydrogen (secondary N) is 1. The van der Waals surface area contributed by atoms with E-state index < -0.39 is 6.10 Å². The quantitative estimate of drug-likeness (QED) is 0.738. The maximum atomic E-state index is 12.3. The number of likely N-dealkylation sites (N-methyl/N-ethyl adjacent to an activating group) is 1. The molecule has 0 spiro atoms. The summed E-state index contributed by atoms with van der Waals surface area (Å²) < 4.78 is 5.89. The maximum Gasteiger partial charge on any atom is 0.261 e. The fraction of sp³-hybridized carbons (Fsp3) is 0.632. The first-order valence-electron chi connectivity index (χ1n) is 9.01. The summed E-state index contributed by atoms with van der Waals surface area (Å²) in [6.45, 7) is 10.2. The number of carbonyl (C=O) groups excluding carboxylic acids is 1. The van der Waals surface area contributed by atoms with Crippen LogP contribution >= 0.6 is 0 Å². The highest BCUT2D eigenvalue weighted by Gasteiger charge is 2.19. The Morgan fingerprint density at radius 3 is 2.62 bits per heavy atom. The van der Waals surface area contributed by atoms with Crippen molar-refractivity contribution >= 4 is 5.91 Å². The Morgan fingerprint density at radius 1 is 1.25 bits per heavy atom. The van der Waals surface area contributed by atoms with Crippen LogP contribution in [-0.4, -0.2) is 68.1 Å². The van der Waals surface area contributed by atoms with Crippen molar-refractivity contribution in [2.24, 2.45) is 0 Å². The number of hydrogen-bond donors (Lipinski definition) is 1. The number of carbonyl (C=O) groups is 1. The monoisotopic (exact) mass is 333 g/mol. The van der Waals surface area contributed by atoms with Gasteiger partial charge in [0.2, 0.25) is 0 Å². The molecule has 5 heteroatoms. The van der Waals surface area contributed by atoms with Crippen molar-refractivity contribution in [3.05, 3.63) is 29.8 Å². The second kappa shape index (κ2) is 9.64. The van der Waals surface area contributed by atoms with Gasteiger partial charge in [-0.2, -0.15) is 0 Å². The molecular formula is C19H31N3O2. The lowest BCUT2D eigenvalue weighted by Gasteiger charge is -2.32. The minimum Gasteiger partial charge on any atom is -0.480 e. The number of piperazine rings is 1. The molecule has 1 aromatic carbocycles. The smallest absolute Gasteiger partial charge is 0.261 e. The highest BCUT2D eigenvalue weighted by Crippen LogP contribution is 2.18. The number of ether oxygens (including phenoxy) is 1. The van der Waals surface area contributed by atoms with Crippen molar-refractivity contribution in [3.8, 4) is 5.75 Å². The average molecular weight is 333 g/mol. The number of rotatable bonds is 8. The average Bonchev–Trinajstić information content (AvgIpc) is 2.59. The summed E-state index contributed by atoms with van der Waals surface area (Å²) in [5, 5.41) is 3.02. The first kappa shape index (κ1) is 18.7.